The normalized spacial score (nSPS) is 11.1. The molecule has 0 bridgehead atoms. The van der Waals surface area contributed by atoms with Gasteiger partial charge in [0.15, 0.2) is 0 Å². The number of H-pyrrole nitrogens is 2. The first-order chi connectivity index (χ1) is 16.7. The van der Waals surface area contributed by atoms with Crippen LogP contribution in [-0.4, -0.2) is 20.4 Å². The molecule has 2 N–H and O–H groups in total. The number of aromatic amines is 2. The van der Waals surface area contributed by atoms with Gasteiger partial charge >= 0.3 is 0 Å². The number of rotatable bonds is 8. The monoisotopic (exact) mass is 446 g/mol. The third-order valence-corrected chi connectivity index (χ3v) is 6.22. The van der Waals surface area contributed by atoms with E-state index in [1.54, 1.807) is 0 Å². The summed E-state index contributed by atoms with van der Waals surface area (Å²) in [5.41, 5.74) is 11.1. The summed E-state index contributed by atoms with van der Waals surface area (Å²) >= 11 is 0. The molecule has 3 aromatic carbocycles. The second-order valence-corrected chi connectivity index (χ2v) is 8.81. The van der Waals surface area contributed by atoms with Gasteiger partial charge in [-0.2, -0.15) is 10.2 Å². The van der Waals surface area contributed by atoms with Gasteiger partial charge in [0.05, 0.1) is 22.8 Å². The molecule has 2 aromatic heterocycles. The lowest BCUT2D eigenvalue weighted by Crippen LogP contribution is -1.83. The highest BCUT2D eigenvalue weighted by Gasteiger charge is 2.10. The molecule has 0 unspecified atom stereocenters. The van der Waals surface area contributed by atoms with Gasteiger partial charge in [0.2, 0.25) is 0 Å². The molecule has 4 nitrogen and oxygen atoms in total. The molecular formula is C30H30N4. The summed E-state index contributed by atoms with van der Waals surface area (Å²) in [6.07, 6.45) is 4.54. The van der Waals surface area contributed by atoms with Crippen LogP contribution in [0.2, 0.25) is 0 Å². The predicted octanol–water partition coefficient (Wildman–Crippen LogP) is 7.71. The van der Waals surface area contributed by atoms with E-state index in [-0.39, 0.29) is 0 Å². The molecule has 170 valence electrons. The average Bonchev–Trinajstić information content (AvgIpc) is 3.57. The van der Waals surface area contributed by atoms with E-state index in [9.17, 15) is 0 Å². The second kappa shape index (κ2) is 9.92. The van der Waals surface area contributed by atoms with Gasteiger partial charge in [0, 0.05) is 11.1 Å². The largest absolute Gasteiger partial charge is 0.277 e. The van der Waals surface area contributed by atoms with Gasteiger partial charge < -0.3 is 0 Å². The number of nitrogens with zero attached hydrogens (tertiary/aromatic N) is 2. The van der Waals surface area contributed by atoms with Gasteiger partial charge in [-0.05, 0) is 53.3 Å². The van der Waals surface area contributed by atoms with Crippen molar-refractivity contribution in [3.8, 4) is 45.0 Å². The molecule has 0 aliphatic carbocycles. The van der Waals surface area contributed by atoms with Gasteiger partial charge in [0.25, 0.3) is 0 Å². The van der Waals surface area contributed by atoms with Gasteiger partial charge in [-0.15, -0.1) is 0 Å². The summed E-state index contributed by atoms with van der Waals surface area (Å²) in [5.74, 6) is 0. The molecule has 0 amide bonds. The number of nitrogens with one attached hydrogen (secondary N) is 2. The predicted molar refractivity (Wildman–Crippen MR) is 140 cm³/mol. The van der Waals surface area contributed by atoms with E-state index in [4.69, 9.17) is 0 Å². The second-order valence-electron chi connectivity index (χ2n) is 8.81. The van der Waals surface area contributed by atoms with E-state index in [0.717, 1.165) is 70.7 Å². The molecule has 0 aliphatic rings. The Hall–Kier alpha value is -3.92. The number of aromatic nitrogens is 4. The Bertz CT molecular complexity index is 1250. The van der Waals surface area contributed by atoms with Crippen molar-refractivity contribution >= 4 is 0 Å². The third kappa shape index (κ3) is 4.72. The van der Waals surface area contributed by atoms with E-state index in [2.05, 4.69) is 119 Å². The van der Waals surface area contributed by atoms with Crippen LogP contribution in [0, 0.1) is 0 Å². The maximum absolute atomic E-state index is 4.58. The summed E-state index contributed by atoms with van der Waals surface area (Å²) in [7, 11) is 0. The molecule has 5 rings (SSSR count). The minimum Gasteiger partial charge on any atom is -0.277 e. The van der Waals surface area contributed by atoms with Crippen molar-refractivity contribution in [2.45, 2.75) is 39.5 Å². The minimum atomic E-state index is 0.928. The molecule has 2 heterocycles. The van der Waals surface area contributed by atoms with Crippen LogP contribution in [0.3, 0.4) is 0 Å². The molecule has 4 heteroatoms. The maximum Gasteiger partial charge on any atom is 0.0927 e. The van der Waals surface area contributed by atoms with Crippen LogP contribution >= 0.6 is 0 Å². The molecule has 0 atom stereocenters. The zero-order valence-electron chi connectivity index (χ0n) is 19.8. The third-order valence-electron chi connectivity index (χ3n) is 6.22. The van der Waals surface area contributed by atoms with Crippen molar-refractivity contribution in [3.05, 3.63) is 96.1 Å². The van der Waals surface area contributed by atoms with Crippen LogP contribution in [0.4, 0.5) is 0 Å². The topological polar surface area (TPSA) is 57.4 Å². The van der Waals surface area contributed by atoms with Crippen molar-refractivity contribution in [2.75, 3.05) is 0 Å². The highest BCUT2D eigenvalue weighted by molar-refractivity contribution is 5.74. The van der Waals surface area contributed by atoms with E-state index in [1.165, 1.54) is 11.1 Å². The quantitative estimate of drug-likeness (QED) is 0.256. The molecule has 34 heavy (non-hydrogen) atoms. The highest BCUT2D eigenvalue weighted by Crippen LogP contribution is 2.29. The van der Waals surface area contributed by atoms with Crippen LogP contribution in [0.5, 0.6) is 0 Å². The zero-order valence-corrected chi connectivity index (χ0v) is 19.8. The van der Waals surface area contributed by atoms with Crippen molar-refractivity contribution in [2.24, 2.45) is 0 Å². The van der Waals surface area contributed by atoms with Crippen molar-refractivity contribution < 1.29 is 0 Å². The number of hydrogen-bond acceptors (Lipinski definition) is 2. The van der Waals surface area contributed by atoms with Gasteiger partial charge in [-0.1, -0.05) is 93.4 Å². The molecular weight excluding hydrogens is 416 g/mol. The Balaban J connectivity index is 1.36. The Morgan fingerprint density at radius 2 is 0.971 bits per heavy atom. The van der Waals surface area contributed by atoms with Crippen molar-refractivity contribution in [3.63, 3.8) is 0 Å². The van der Waals surface area contributed by atoms with Crippen LogP contribution in [-0.2, 0) is 12.8 Å². The summed E-state index contributed by atoms with van der Waals surface area (Å²) < 4.78 is 0. The fourth-order valence-corrected chi connectivity index (χ4v) is 4.35. The first-order valence-corrected chi connectivity index (χ1v) is 12.1. The number of benzene rings is 3. The summed E-state index contributed by atoms with van der Waals surface area (Å²) in [6.45, 7) is 4.41. The van der Waals surface area contributed by atoms with Crippen LogP contribution < -0.4 is 0 Å². The summed E-state index contributed by atoms with van der Waals surface area (Å²) in [4.78, 5) is 0. The molecule has 0 saturated carbocycles. The van der Waals surface area contributed by atoms with Gasteiger partial charge in [0.1, 0.15) is 0 Å². The van der Waals surface area contributed by atoms with Crippen molar-refractivity contribution in [1.82, 2.24) is 20.4 Å². The van der Waals surface area contributed by atoms with Gasteiger partial charge in [-0.25, -0.2) is 0 Å². The maximum atomic E-state index is 4.58. The fourth-order valence-electron chi connectivity index (χ4n) is 4.35. The Morgan fingerprint density at radius 1 is 0.529 bits per heavy atom. The molecule has 0 spiro atoms. The highest BCUT2D eigenvalue weighted by atomic mass is 15.1. The molecule has 0 radical (unpaired) electrons. The number of hydrogen-bond donors (Lipinski definition) is 2. The van der Waals surface area contributed by atoms with E-state index < -0.39 is 0 Å². The smallest absolute Gasteiger partial charge is 0.0927 e. The Kier molecular flexibility index (Phi) is 6.39. The van der Waals surface area contributed by atoms with E-state index in [1.807, 2.05) is 0 Å². The lowest BCUT2D eigenvalue weighted by atomic mass is 10.0. The standard InChI is InChI=1S/C30H30N4/c1-3-6-21-10-14-23(15-11-21)27-19-29(33-31-27)25-8-5-9-26(18-25)30-20-28(32-34-30)24-16-12-22(7-4-2)13-17-24/h5,8-20H,3-4,6-7H2,1-2H3,(H,31,33)(H,32,34). The number of aryl methyl sites for hydroxylation is 2. The Labute approximate surface area is 201 Å². The molecule has 0 aliphatic heterocycles. The molecule has 0 fully saturated rings. The first kappa shape index (κ1) is 21.9. The average molecular weight is 447 g/mol. The summed E-state index contributed by atoms with van der Waals surface area (Å²) in [5, 5.41) is 15.6. The first-order valence-electron chi connectivity index (χ1n) is 12.1. The minimum absolute atomic E-state index is 0.928. The lowest BCUT2D eigenvalue weighted by Gasteiger charge is -2.01. The van der Waals surface area contributed by atoms with Crippen LogP contribution in [0.15, 0.2) is 84.9 Å². The lowest BCUT2D eigenvalue weighted by molar-refractivity contribution is 0.922. The Morgan fingerprint density at radius 3 is 1.38 bits per heavy atom. The van der Waals surface area contributed by atoms with Crippen molar-refractivity contribution in [1.29, 1.82) is 0 Å². The fraction of sp³-hybridized carbons (Fsp3) is 0.200. The molecule has 0 saturated heterocycles. The zero-order chi connectivity index (χ0) is 23.3. The molecule has 5 aromatic rings. The van der Waals surface area contributed by atoms with Gasteiger partial charge in [-0.3, -0.25) is 10.2 Å². The summed E-state index contributed by atoms with van der Waals surface area (Å²) in [6, 6.07) is 30.1. The van der Waals surface area contributed by atoms with E-state index in [0.29, 0.717) is 0 Å². The van der Waals surface area contributed by atoms with E-state index >= 15 is 0 Å². The SMILES string of the molecule is CCCc1ccc(-c2cc(-c3cccc(-c4cc(-c5ccc(CCC)cc5)[nH]n4)c3)n[nH]2)cc1. The van der Waals surface area contributed by atoms with Crippen LogP contribution in [0.1, 0.15) is 37.8 Å². The van der Waals surface area contributed by atoms with Crippen LogP contribution in [0.25, 0.3) is 45.0 Å².